The molecule has 3 rings (SSSR count). The van der Waals surface area contributed by atoms with Gasteiger partial charge < -0.3 is 20.1 Å². The Morgan fingerprint density at radius 2 is 2.37 bits per heavy atom. The molecule has 0 aliphatic carbocycles. The number of hydrogen-bond donors (Lipinski definition) is 2. The highest BCUT2D eigenvalue weighted by atomic mass is 16.5. The lowest BCUT2D eigenvalue weighted by molar-refractivity contribution is -0.0897. The van der Waals surface area contributed by atoms with Gasteiger partial charge in [0.05, 0.1) is 17.6 Å². The summed E-state index contributed by atoms with van der Waals surface area (Å²) in [6.45, 7) is 4.06. The van der Waals surface area contributed by atoms with Crippen LogP contribution in [0.4, 0.5) is 5.82 Å². The molecule has 0 unspecified atom stereocenters. The van der Waals surface area contributed by atoms with Crippen molar-refractivity contribution in [3.63, 3.8) is 0 Å². The van der Waals surface area contributed by atoms with E-state index < -0.39 is 5.60 Å². The maximum absolute atomic E-state index is 9.44. The van der Waals surface area contributed by atoms with Gasteiger partial charge in [0, 0.05) is 12.1 Å². The molecule has 1 fully saturated rings. The second-order valence-electron chi connectivity index (χ2n) is 5.52. The number of aliphatic hydroxyl groups excluding tert-OH is 1. The van der Waals surface area contributed by atoms with E-state index in [4.69, 9.17) is 10.5 Å². The third kappa shape index (κ3) is 1.87. The first-order valence-electron chi connectivity index (χ1n) is 6.40. The summed E-state index contributed by atoms with van der Waals surface area (Å²) in [5, 5.41) is 10.3. The Morgan fingerprint density at radius 1 is 1.58 bits per heavy atom. The molecule has 1 saturated heterocycles. The molecule has 2 aromatic rings. The monoisotopic (exact) mass is 262 g/mol. The fourth-order valence-corrected chi connectivity index (χ4v) is 2.87. The predicted molar refractivity (Wildman–Crippen MR) is 71.3 cm³/mol. The van der Waals surface area contributed by atoms with Crippen molar-refractivity contribution in [1.29, 1.82) is 0 Å². The van der Waals surface area contributed by atoms with Crippen LogP contribution in [0.2, 0.25) is 0 Å². The Morgan fingerprint density at radius 3 is 3.05 bits per heavy atom. The number of nitrogens with zero attached hydrogens (tertiary/aromatic N) is 3. The Kier molecular flexibility index (Phi) is 2.72. The summed E-state index contributed by atoms with van der Waals surface area (Å²) in [5.41, 5.74) is 6.12. The Bertz CT molecular complexity index is 612. The van der Waals surface area contributed by atoms with Crippen LogP contribution in [0.3, 0.4) is 0 Å². The zero-order chi connectivity index (χ0) is 13.6. The molecule has 6 nitrogen and oxygen atoms in total. The van der Waals surface area contributed by atoms with Gasteiger partial charge in [0.15, 0.2) is 0 Å². The van der Waals surface area contributed by atoms with Crippen LogP contribution < -0.4 is 5.73 Å². The number of hydrogen-bond acceptors (Lipinski definition) is 5. The fraction of sp³-hybridized carbons (Fsp3) is 0.538. The minimum Gasteiger partial charge on any atom is -0.393 e. The van der Waals surface area contributed by atoms with Crippen LogP contribution in [0.1, 0.15) is 26.5 Å². The van der Waals surface area contributed by atoms with Crippen LogP contribution in [0, 0.1) is 5.92 Å². The summed E-state index contributed by atoms with van der Waals surface area (Å²) in [7, 11) is 0. The summed E-state index contributed by atoms with van der Waals surface area (Å²) < 4.78 is 7.99. The highest BCUT2D eigenvalue weighted by Crippen LogP contribution is 2.41. The normalized spacial score (nSPS) is 31.1. The third-order valence-corrected chi connectivity index (χ3v) is 3.79. The van der Waals surface area contributed by atoms with Crippen LogP contribution in [0.5, 0.6) is 0 Å². The SMILES string of the molecule is C[C@H]1C[C@@](C)(CO)O[C@H]1n1ccc2c(N)ncnc21. The molecule has 6 heteroatoms. The van der Waals surface area contributed by atoms with E-state index in [1.807, 2.05) is 23.8 Å². The van der Waals surface area contributed by atoms with E-state index in [-0.39, 0.29) is 12.8 Å². The first kappa shape index (κ1) is 12.4. The lowest BCUT2D eigenvalue weighted by Gasteiger charge is -2.23. The molecule has 1 aliphatic heterocycles. The van der Waals surface area contributed by atoms with Crippen molar-refractivity contribution in [3.05, 3.63) is 18.6 Å². The molecule has 0 amide bonds. The maximum Gasteiger partial charge on any atom is 0.147 e. The molecule has 1 aliphatic rings. The van der Waals surface area contributed by atoms with Crippen molar-refractivity contribution in [2.24, 2.45) is 5.92 Å². The molecular formula is C13H18N4O2. The number of fused-ring (bicyclic) bond motifs is 1. The zero-order valence-electron chi connectivity index (χ0n) is 11.1. The Balaban J connectivity index is 2.04. The van der Waals surface area contributed by atoms with Crippen molar-refractivity contribution in [3.8, 4) is 0 Å². The predicted octanol–water partition coefficient (Wildman–Crippen LogP) is 1.32. The number of rotatable bonds is 2. The van der Waals surface area contributed by atoms with Crippen molar-refractivity contribution < 1.29 is 9.84 Å². The van der Waals surface area contributed by atoms with Gasteiger partial charge in [-0.1, -0.05) is 6.92 Å². The summed E-state index contributed by atoms with van der Waals surface area (Å²) in [5.74, 6) is 0.767. The number of nitrogen functional groups attached to an aromatic ring is 1. The molecule has 0 spiro atoms. The average Bonchev–Trinajstić information content (AvgIpc) is 2.92. The van der Waals surface area contributed by atoms with Crippen LogP contribution >= 0.6 is 0 Å². The number of ether oxygens (including phenoxy) is 1. The van der Waals surface area contributed by atoms with Gasteiger partial charge in [-0.2, -0.15) is 0 Å². The molecule has 102 valence electrons. The highest BCUT2D eigenvalue weighted by Gasteiger charge is 2.42. The molecule has 2 aromatic heterocycles. The van der Waals surface area contributed by atoms with Crippen molar-refractivity contribution in [2.45, 2.75) is 32.1 Å². The maximum atomic E-state index is 9.44. The zero-order valence-corrected chi connectivity index (χ0v) is 11.1. The minimum absolute atomic E-state index is 0.0180. The quantitative estimate of drug-likeness (QED) is 0.852. The summed E-state index contributed by atoms with van der Waals surface area (Å²) in [4.78, 5) is 8.27. The molecule has 0 bridgehead atoms. The summed E-state index contributed by atoms with van der Waals surface area (Å²) >= 11 is 0. The molecule has 3 heterocycles. The van der Waals surface area contributed by atoms with E-state index in [1.165, 1.54) is 6.33 Å². The smallest absolute Gasteiger partial charge is 0.147 e. The average molecular weight is 262 g/mol. The van der Waals surface area contributed by atoms with Crippen LogP contribution in [0.25, 0.3) is 11.0 Å². The molecule has 0 saturated carbocycles. The second kappa shape index (κ2) is 4.18. The van der Waals surface area contributed by atoms with Crippen molar-refractivity contribution in [2.75, 3.05) is 12.3 Å². The van der Waals surface area contributed by atoms with Gasteiger partial charge in [-0.15, -0.1) is 0 Å². The topological polar surface area (TPSA) is 86.2 Å². The molecule has 0 radical (unpaired) electrons. The Labute approximate surface area is 111 Å². The number of aliphatic hydroxyl groups is 1. The minimum atomic E-state index is -0.487. The molecule has 0 aromatic carbocycles. The largest absolute Gasteiger partial charge is 0.393 e. The highest BCUT2D eigenvalue weighted by molar-refractivity contribution is 5.86. The van der Waals surface area contributed by atoms with Gasteiger partial charge in [-0.3, -0.25) is 0 Å². The Hall–Kier alpha value is -1.66. The molecular weight excluding hydrogens is 244 g/mol. The molecule has 19 heavy (non-hydrogen) atoms. The number of nitrogens with two attached hydrogens (primary N) is 1. The molecule has 3 N–H and O–H groups in total. The third-order valence-electron chi connectivity index (χ3n) is 3.79. The van der Waals surface area contributed by atoms with Crippen molar-refractivity contribution in [1.82, 2.24) is 14.5 Å². The van der Waals surface area contributed by atoms with Gasteiger partial charge in [0.1, 0.15) is 24.0 Å². The molecule has 3 atom stereocenters. The second-order valence-corrected chi connectivity index (χ2v) is 5.52. The lowest BCUT2D eigenvalue weighted by Crippen LogP contribution is -2.28. The standard InChI is InChI=1S/C13H18N4O2/c1-8-5-13(2,6-18)19-12(8)17-4-3-9-10(14)15-7-16-11(9)17/h3-4,7-8,12,18H,5-6H2,1-2H3,(H2,14,15,16)/t8-,12+,13-/m0/s1. The van der Waals surface area contributed by atoms with E-state index >= 15 is 0 Å². The van der Waals surface area contributed by atoms with E-state index in [0.29, 0.717) is 11.7 Å². The first-order chi connectivity index (χ1) is 9.04. The van der Waals surface area contributed by atoms with Gasteiger partial charge in [-0.05, 0) is 19.4 Å². The first-order valence-corrected chi connectivity index (χ1v) is 6.40. The number of aromatic nitrogens is 3. The van der Waals surface area contributed by atoms with Gasteiger partial charge in [0.2, 0.25) is 0 Å². The van der Waals surface area contributed by atoms with E-state index in [1.54, 1.807) is 0 Å². The van der Waals surface area contributed by atoms with Gasteiger partial charge in [-0.25, -0.2) is 9.97 Å². The summed E-state index contributed by atoms with van der Waals surface area (Å²) in [6, 6.07) is 1.90. The fourth-order valence-electron chi connectivity index (χ4n) is 2.87. The van der Waals surface area contributed by atoms with Gasteiger partial charge in [0.25, 0.3) is 0 Å². The number of anilines is 1. The van der Waals surface area contributed by atoms with E-state index in [0.717, 1.165) is 17.5 Å². The van der Waals surface area contributed by atoms with E-state index in [2.05, 4.69) is 16.9 Å². The lowest BCUT2D eigenvalue weighted by atomic mass is 9.97. The van der Waals surface area contributed by atoms with E-state index in [9.17, 15) is 5.11 Å². The van der Waals surface area contributed by atoms with Crippen LogP contribution in [0.15, 0.2) is 18.6 Å². The van der Waals surface area contributed by atoms with Crippen LogP contribution in [-0.4, -0.2) is 31.8 Å². The van der Waals surface area contributed by atoms with Gasteiger partial charge >= 0.3 is 0 Å². The van der Waals surface area contributed by atoms with Crippen molar-refractivity contribution >= 4 is 16.9 Å². The summed E-state index contributed by atoms with van der Waals surface area (Å²) in [6.07, 6.45) is 4.05. The van der Waals surface area contributed by atoms with Crippen LogP contribution in [-0.2, 0) is 4.74 Å².